The van der Waals surface area contributed by atoms with E-state index in [9.17, 15) is 8.42 Å². The summed E-state index contributed by atoms with van der Waals surface area (Å²) in [5, 5.41) is -0.793. The Labute approximate surface area is 118 Å². The van der Waals surface area contributed by atoms with Crippen LogP contribution in [0.25, 0.3) is 11.3 Å². The zero-order valence-electron chi connectivity index (χ0n) is 11.2. The van der Waals surface area contributed by atoms with Crippen LogP contribution in [0.15, 0.2) is 36.4 Å². The Hall–Kier alpha value is -1.99. The molecule has 3 N–H and O–H groups in total. The van der Waals surface area contributed by atoms with Crippen molar-refractivity contribution in [3.8, 4) is 11.3 Å². The number of benzene rings is 1. The molecule has 20 heavy (non-hydrogen) atoms. The summed E-state index contributed by atoms with van der Waals surface area (Å²) in [6, 6.07) is 11.1. The molecule has 0 aliphatic heterocycles. The summed E-state index contributed by atoms with van der Waals surface area (Å²) >= 11 is 0. The smallest absolute Gasteiger partial charge is 0.157 e. The van der Waals surface area contributed by atoms with E-state index in [1.807, 2.05) is 30.3 Å². The Morgan fingerprint density at radius 1 is 1.20 bits per heavy atom. The summed E-state index contributed by atoms with van der Waals surface area (Å²) in [4.78, 5) is 8.45. The fourth-order valence-electron chi connectivity index (χ4n) is 1.67. The first kappa shape index (κ1) is 14.4. The van der Waals surface area contributed by atoms with Crippen LogP contribution in [-0.4, -0.2) is 24.6 Å². The topological polar surface area (TPSA) is 98.0 Å². The third-order valence-electron chi connectivity index (χ3n) is 2.97. The SMILES string of the molecule is CC(c1nc(NN)cc(-c2ccccc2)n1)S(C)(=O)=O. The molecule has 0 aliphatic rings. The molecule has 0 radical (unpaired) electrons. The van der Waals surface area contributed by atoms with Gasteiger partial charge in [0.05, 0.1) is 5.69 Å². The lowest BCUT2D eigenvalue weighted by atomic mass is 10.1. The third kappa shape index (κ3) is 3.12. The predicted octanol–water partition coefficient (Wildman–Crippen LogP) is 1.53. The van der Waals surface area contributed by atoms with Crippen molar-refractivity contribution in [1.82, 2.24) is 9.97 Å². The van der Waals surface area contributed by atoms with Crippen LogP contribution >= 0.6 is 0 Å². The van der Waals surface area contributed by atoms with E-state index in [4.69, 9.17) is 5.84 Å². The fraction of sp³-hybridized carbons (Fsp3) is 0.231. The number of hydrogen-bond acceptors (Lipinski definition) is 6. The summed E-state index contributed by atoms with van der Waals surface area (Å²) in [7, 11) is -3.27. The van der Waals surface area contributed by atoms with E-state index < -0.39 is 15.1 Å². The standard InChI is InChI=1S/C13H16N4O2S/c1-9(20(2,18)19)13-15-11(8-12(16-13)17-14)10-6-4-3-5-7-10/h3-9H,14H2,1-2H3,(H,15,16,17). The third-order valence-corrected chi connectivity index (χ3v) is 4.46. The Bertz CT molecular complexity index is 702. The number of sulfone groups is 1. The molecule has 0 amide bonds. The first-order chi connectivity index (χ1) is 9.41. The van der Waals surface area contributed by atoms with Gasteiger partial charge in [-0.2, -0.15) is 0 Å². The molecule has 0 saturated heterocycles. The summed E-state index contributed by atoms with van der Waals surface area (Å²) in [5.41, 5.74) is 3.93. The van der Waals surface area contributed by atoms with E-state index >= 15 is 0 Å². The monoisotopic (exact) mass is 292 g/mol. The van der Waals surface area contributed by atoms with Gasteiger partial charge in [0.15, 0.2) is 9.84 Å². The molecule has 7 heteroatoms. The summed E-state index contributed by atoms with van der Waals surface area (Å²) < 4.78 is 23.3. The Balaban J connectivity index is 2.56. The average molecular weight is 292 g/mol. The van der Waals surface area contributed by atoms with Crippen LogP contribution in [0.1, 0.15) is 18.0 Å². The van der Waals surface area contributed by atoms with Gasteiger partial charge in [0, 0.05) is 17.9 Å². The quantitative estimate of drug-likeness (QED) is 0.655. The number of hydrogen-bond donors (Lipinski definition) is 2. The van der Waals surface area contributed by atoms with Crippen molar-refractivity contribution in [2.45, 2.75) is 12.2 Å². The first-order valence-corrected chi connectivity index (χ1v) is 7.97. The van der Waals surface area contributed by atoms with Crippen molar-refractivity contribution in [3.05, 3.63) is 42.2 Å². The van der Waals surface area contributed by atoms with Gasteiger partial charge in [-0.15, -0.1) is 0 Å². The van der Waals surface area contributed by atoms with E-state index in [-0.39, 0.29) is 5.82 Å². The molecule has 106 valence electrons. The number of nitrogen functional groups attached to an aromatic ring is 1. The lowest BCUT2D eigenvalue weighted by molar-refractivity contribution is 0.589. The van der Waals surface area contributed by atoms with Crippen LogP contribution < -0.4 is 11.3 Å². The summed E-state index contributed by atoms with van der Waals surface area (Å²) in [6.45, 7) is 1.56. The lowest BCUT2D eigenvalue weighted by Gasteiger charge is -2.12. The predicted molar refractivity (Wildman–Crippen MR) is 78.5 cm³/mol. The molecule has 0 bridgehead atoms. The van der Waals surface area contributed by atoms with Gasteiger partial charge >= 0.3 is 0 Å². The van der Waals surface area contributed by atoms with Crippen LogP contribution in [0.5, 0.6) is 0 Å². The minimum absolute atomic E-state index is 0.224. The van der Waals surface area contributed by atoms with Gasteiger partial charge in [-0.05, 0) is 6.92 Å². The van der Waals surface area contributed by atoms with Gasteiger partial charge in [-0.25, -0.2) is 24.2 Å². The molecule has 0 fully saturated rings. The van der Waals surface area contributed by atoms with Gasteiger partial charge in [-0.1, -0.05) is 30.3 Å². The highest BCUT2D eigenvalue weighted by atomic mass is 32.2. The van der Waals surface area contributed by atoms with Crippen molar-refractivity contribution in [2.75, 3.05) is 11.7 Å². The molecule has 2 rings (SSSR count). The van der Waals surface area contributed by atoms with Gasteiger partial charge in [0.25, 0.3) is 0 Å². The van der Waals surface area contributed by atoms with Crippen molar-refractivity contribution < 1.29 is 8.42 Å². The number of nitrogens with zero attached hydrogens (tertiary/aromatic N) is 2. The Kier molecular flexibility index (Phi) is 4.01. The summed E-state index contributed by atoms with van der Waals surface area (Å²) in [6.07, 6.45) is 1.16. The molecule has 0 saturated carbocycles. The number of nitrogens with one attached hydrogen (secondary N) is 1. The molecule has 1 atom stereocenters. The second kappa shape index (κ2) is 5.56. The maximum atomic E-state index is 11.6. The lowest BCUT2D eigenvalue weighted by Crippen LogP contribution is -2.15. The van der Waals surface area contributed by atoms with Gasteiger partial charge in [0.2, 0.25) is 0 Å². The van der Waals surface area contributed by atoms with Crippen LogP contribution in [0.4, 0.5) is 5.82 Å². The van der Waals surface area contributed by atoms with Crippen molar-refractivity contribution in [3.63, 3.8) is 0 Å². The highest BCUT2D eigenvalue weighted by molar-refractivity contribution is 7.90. The zero-order valence-corrected chi connectivity index (χ0v) is 12.1. The van der Waals surface area contributed by atoms with Crippen LogP contribution in [0.3, 0.4) is 0 Å². The van der Waals surface area contributed by atoms with Crippen LogP contribution in [0.2, 0.25) is 0 Å². The summed E-state index contributed by atoms with van der Waals surface area (Å²) in [5.74, 6) is 5.99. The molecule has 1 aromatic heterocycles. The fourth-order valence-corrected chi connectivity index (χ4v) is 2.16. The normalized spacial score (nSPS) is 12.9. The number of anilines is 1. The number of nitrogens with two attached hydrogens (primary N) is 1. The maximum absolute atomic E-state index is 11.6. The molecule has 0 spiro atoms. The molecule has 1 aromatic carbocycles. The van der Waals surface area contributed by atoms with Crippen molar-refractivity contribution >= 4 is 15.7 Å². The Morgan fingerprint density at radius 2 is 1.85 bits per heavy atom. The maximum Gasteiger partial charge on any atom is 0.157 e. The molecule has 0 aliphatic carbocycles. The average Bonchev–Trinajstić information content (AvgIpc) is 2.46. The number of rotatable bonds is 4. The second-order valence-electron chi connectivity index (χ2n) is 4.48. The zero-order chi connectivity index (χ0) is 14.8. The van der Waals surface area contributed by atoms with E-state index in [1.165, 1.54) is 0 Å². The molecular formula is C13H16N4O2S. The molecular weight excluding hydrogens is 276 g/mol. The van der Waals surface area contributed by atoms with Gasteiger partial charge in [-0.3, -0.25) is 0 Å². The minimum Gasteiger partial charge on any atom is -0.308 e. The number of hydrazine groups is 1. The first-order valence-electron chi connectivity index (χ1n) is 6.01. The van der Waals surface area contributed by atoms with Crippen LogP contribution in [-0.2, 0) is 9.84 Å². The Morgan fingerprint density at radius 3 is 2.40 bits per heavy atom. The second-order valence-corrected chi connectivity index (χ2v) is 6.84. The highest BCUT2D eigenvalue weighted by Crippen LogP contribution is 2.24. The van der Waals surface area contributed by atoms with Crippen LogP contribution in [0, 0.1) is 0 Å². The van der Waals surface area contributed by atoms with E-state index in [0.29, 0.717) is 11.5 Å². The van der Waals surface area contributed by atoms with Gasteiger partial charge in [0.1, 0.15) is 16.9 Å². The largest absolute Gasteiger partial charge is 0.308 e. The highest BCUT2D eigenvalue weighted by Gasteiger charge is 2.21. The molecule has 6 nitrogen and oxygen atoms in total. The van der Waals surface area contributed by atoms with Crippen molar-refractivity contribution in [2.24, 2.45) is 5.84 Å². The molecule has 1 unspecified atom stereocenters. The van der Waals surface area contributed by atoms with Crippen molar-refractivity contribution in [1.29, 1.82) is 0 Å². The minimum atomic E-state index is -3.27. The van der Waals surface area contributed by atoms with Gasteiger partial charge < -0.3 is 5.43 Å². The molecule has 1 heterocycles. The van der Waals surface area contributed by atoms with E-state index in [1.54, 1.807) is 13.0 Å². The number of aromatic nitrogens is 2. The van der Waals surface area contributed by atoms with E-state index in [0.717, 1.165) is 11.8 Å². The van der Waals surface area contributed by atoms with E-state index in [2.05, 4.69) is 15.4 Å². The molecule has 2 aromatic rings.